The number of rotatable bonds is 8. The van der Waals surface area contributed by atoms with Gasteiger partial charge < -0.3 is 5.11 Å². The number of hydrogen-bond donors (Lipinski definition) is 1. The van der Waals surface area contributed by atoms with Gasteiger partial charge in [0.1, 0.15) is 11.6 Å². The van der Waals surface area contributed by atoms with E-state index in [9.17, 15) is 14.3 Å². The molecule has 0 amide bonds. The van der Waals surface area contributed by atoms with E-state index in [4.69, 9.17) is 0 Å². The topological polar surface area (TPSA) is 40.5 Å². The lowest BCUT2D eigenvalue weighted by molar-refractivity contribution is 0.0863. The Morgan fingerprint density at radius 3 is 2.43 bits per heavy atom. The lowest BCUT2D eigenvalue weighted by Gasteiger charge is -2.31. The highest BCUT2D eigenvalue weighted by Crippen LogP contribution is 2.20. The monoisotopic (exact) mass is 295 g/mol. The normalized spacial score (nSPS) is 11.6. The van der Waals surface area contributed by atoms with Crippen molar-refractivity contribution in [1.82, 2.24) is 4.90 Å². The van der Waals surface area contributed by atoms with Crippen LogP contribution in [-0.2, 0) is 0 Å². The number of nitrogens with zero attached hydrogens (tertiary/aromatic N) is 1. The van der Waals surface area contributed by atoms with Crippen molar-refractivity contribution < 1.29 is 14.3 Å². The second kappa shape index (κ2) is 8.13. The summed E-state index contributed by atoms with van der Waals surface area (Å²) in [5.74, 6) is -0.455. The van der Waals surface area contributed by atoms with Crippen LogP contribution in [-0.4, -0.2) is 34.9 Å². The number of benzene rings is 1. The Morgan fingerprint density at radius 2 is 1.90 bits per heavy atom. The predicted molar refractivity (Wildman–Crippen MR) is 83.2 cm³/mol. The average Bonchev–Trinajstić information content (AvgIpc) is 2.42. The minimum atomic E-state index is -0.505. The van der Waals surface area contributed by atoms with Crippen molar-refractivity contribution >= 4 is 5.78 Å². The molecule has 0 aromatic heterocycles. The molecule has 0 aliphatic carbocycles. The molecular weight excluding hydrogens is 269 g/mol. The highest BCUT2D eigenvalue weighted by atomic mass is 19.1. The van der Waals surface area contributed by atoms with Crippen LogP contribution in [0.5, 0.6) is 5.75 Å². The van der Waals surface area contributed by atoms with Gasteiger partial charge in [0.05, 0.1) is 12.1 Å². The van der Waals surface area contributed by atoms with Gasteiger partial charge in [-0.15, -0.1) is 0 Å². The molecule has 1 aromatic rings. The van der Waals surface area contributed by atoms with Gasteiger partial charge in [-0.2, -0.15) is 0 Å². The summed E-state index contributed by atoms with van der Waals surface area (Å²) >= 11 is 0. The van der Waals surface area contributed by atoms with E-state index in [0.717, 1.165) is 31.5 Å². The van der Waals surface area contributed by atoms with Crippen LogP contribution < -0.4 is 0 Å². The highest BCUT2D eigenvalue weighted by molar-refractivity contribution is 6.00. The molecular formula is C17H26FNO2. The maximum Gasteiger partial charge on any atom is 0.180 e. The molecule has 0 bridgehead atoms. The van der Waals surface area contributed by atoms with Crippen molar-refractivity contribution in [1.29, 1.82) is 0 Å². The zero-order valence-corrected chi connectivity index (χ0v) is 13.4. The number of halogens is 1. The van der Waals surface area contributed by atoms with Crippen LogP contribution in [0.25, 0.3) is 0 Å². The molecule has 0 spiro atoms. The third-order valence-corrected chi connectivity index (χ3v) is 3.66. The Morgan fingerprint density at radius 1 is 1.29 bits per heavy atom. The van der Waals surface area contributed by atoms with Crippen LogP contribution in [0.3, 0.4) is 0 Å². The van der Waals surface area contributed by atoms with E-state index in [0.29, 0.717) is 12.0 Å². The third kappa shape index (κ3) is 5.12. The Hall–Kier alpha value is -1.42. The number of phenolic OH excluding ortho intramolecular Hbond substituents is 1. The van der Waals surface area contributed by atoms with Gasteiger partial charge in [-0.1, -0.05) is 27.7 Å². The lowest BCUT2D eigenvalue weighted by atomic mass is 10.0. The van der Waals surface area contributed by atoms with E-state index in [1.54, 1.807) is 0 Å². The van der Waals surface area contributed by atoms with E-state index < -0.39 is 5.82 Å². The van der Waals surface area contributed by atoms with Crippen LogP contribution in [0.2, 0.25) is 0 Å². The first-order valence-corrected chi connectivity index (χ1v) is 7.64. The minimum absolute atomic E-state index is 0.0645. The summed E-state index contributed by atoms with van der Waals surface area (Å²) in [6.07, 6.45) is 1.93. The molecule has 1 aromatic carbocycles. The van der Waals surface area contributed by atoms with Crippen LogP contribution in [0.4, 0.5) is 4.39 Å². The van der Waals surface area contributed by atoms with Gasteiger partial charge >= 0.3 is 0 Å². The SMILES string of the molecule is CCC(CC)N(CC(=O)c1cc(F)ccc1O)CC(C)C. The molecule has 0 radical (unpaired) electrons. The Balaban J connectivity index is 2.91. The number of Topliss-reactive ketones (excluding diaryl/α,β-unsaturated/α-hetero) is 1. The molecule has 0 atom stereocenters. The van der Waals surface area contributed by atoms with Gasteiger partial charge in [0, 0.05) is 12.6 Å². The van der Waals surface area contributed by atoms with Crippen LogP contribution in [0, 0.1) is 11.7 Å². The van der Waals surface area contributed by atoms with Crippen molar-refractivity contribution in [3.63, 3.8) is 0 Å². The molecule has 1 N–H and O–H groups in total. The first kappa shape index (κ1) is 17.6. The molecule has 21 heavy (non-hydrogen) atoms. The molecule has 0 unspecified atom stereocenters. The number of carbonyl (C=O) groups excluding carboxylic acids is 1. The second-order valence-electron chi connectivity index (χ2n) is 5.88. The van der Waals surface area contributed by atoms with Crippen molar-refractivity contribution in [2.45, 2.75) is 46.6 Å². The van der Waals surface area contributed by atoms with Gasteiger partial charge in [0.2, 0.25) is 0 Å². The number of phenols is 1. The highest BCUT2D eigenvalue weighted by Gasteiger charge is 2.21. The van der Waals surface area contributed by atoms with Crippen molar-refractivity contribution in [2.24, 2.45) is 5.92 Å². The third-order valence-electron chi connectivity index (χ3n) is 3.66. The molecule has 118 valence electrons. The average molecular weight is 295 g/mol. The van der Waals surface area contributed by atoms with E-state index in [1.807, 2.05) is 0 Å². The zero-order chi connectivity index (χ0) is 16.0. The van der Waals surface area contributed by atoms with Gasteiger partial charge in [0.15, 0.2) is 5.78 Å². The van der Waals surface area contributed by atoms with Crippen LogP contribution in [0.15, 0.2) is 18.2 Å². The first-order valence-electron chi connectivity index (χ1n) is 7.64. The van der Waals surface area contributed by atoms with Gasteiger partial charge in [-0.3, -0.25) is 9.69 Å². The molecule has 0 aliphatic heterocycles. The molecule has 0 heterocycles. The molecule has 0 aliphatic rings. The molecule has 3 nitrogen and oxygen atoms in total. The Bertz CT molecular complexity index is 470. The van der Waals surface area contributed by atoms with Crippen molar-refractivity contribution in [3.8, 4) is 5.75 Å². The van der Waals surface area contributed by atoms with Crippen LogP contribution >= 0.6 is 0 Å². The van der Waals surface area contributed by atoms with E-state index in [1.165, 1.54) is 6.07 Å². The van der Waals surface area contributed by atoms with Crippen molar-refractivity contribution in [3.05, 3.63) is 29.6 Å². The van der Waals surface area contributed by atoms with Gasteiger partial charge in [-0.25, -0.2) is 4.39 Å². The zero-order valence-electron chi connectivity index (χ0n) is 13.4. The van der Waals surface area contributed by atoms with Gasteiger partial charge in [0.25, 0.3) is 0 Å². The number of carbonyl (C=O) groups is 1. The summed E-state index contributed by atoms with van der Waals surface area (Å²) < 4.78 is 13.3. The fraction of sp³-hybridized carbons (Fsp3) is 0.588. The summed E-state index contributed by atoms with van der Waals surface area (Å²) in [4.78, 5) is 14.5. The molecule has 0 saturated carbocycles. The van der Waals surface area contributed by atoms with E-state index >= 15 is 0 Å². The summed E-state index contributed by atoms with van der Waals surface area (Å²) in [7, 11) is 0. The maximum atomic E-state index is 13.3. The van der Waals surface area contributed by atoms with Crippen LogP contribution in [0.1, 0.15) is 50.9 Å². The Kier molecular flexibility index (Phi) is 6.82. The van der Waals surface area contributed by atoms with E-state index in [-0.39, 0.29) is 23.6 Å². The van der Waals surface area contributed by atoms with E-state index in [2.05, 4.69) is 32.6 Å². The number of aromatic hydroxyl groups is 1. The first-order chi connectivity index (χ1) is 9.88. The summed E-state index contributed by atoms with van der Waals surface area (Å²) in [5, 5.41) is 9.75. The molecule has 4 heteroatoms. The number of ketones is 1. The number of hydrogen-bond acceptors (Lipinski definition) is 3. The quantitative estimate of drug-likeness (QED) is 0.740. The summed E-state index contributed by atoms with van der Waals surface area (Å²) in [6.45, 7) is 9.45. The molecule has 0 fully saturated rings. The van der Waals surface area contributed by atoms with Gasteiger partial charge in [-0.05, 0) is 37.0 Å². The Labute approximate surface area is 126 Å². The fourth-order valence-electron chi connectivity index (χ4n) is 2.62. The van der Waals surface area contributed by atoms with Crippen molar-refractivity contribution in [2.75, 3.05) is 13.1 Å². The second-order valence-corrected chi connectivity index (χ2v) is 5.88. The maximum absolute atomic E-state index is 13.3. The fourth-order valence-corrected chi connectivity index (χ4v) is 2.62. The lowest BCUT2D eigenvalue weighted by Crippen LogP contribution is -2.40. The largest absolute Gasteiger partial charge is 0.507 e. The molecule has 0 saturated heterocycles. The standard InChI is InChI=1S/C17H26FNO2/c1-5-14(6-2)19(10-12(3)4)11-17(21)15-9-13(18)7-8-16(15)20/h7-9,12,14,20H,5-6,10-11H2,1-4H3. The summed E-state index contributed by atoms with van der Waals surface area (Å²) in [5.41, 5.74) is 0.0645. The minimum Gasteiger partial charge on any atom is -0.507 e. The predicted octanol–water partition coefficient (Wildman–Crippen LogP) is 3.86. The smallest absolute Gasteiger partial charge is 0.180 e. The summed E-state index contributed by atoms with van der Waals surface area (Å²) in [6, 6.07) is 3.82. The molecule has 1 rings (SSSR count).